The molecule has 1 aliphatic rings. The summed E-state index contributed by atoms with van der Waals surface area (Å²) in [4.78, 5) is 19.4. The smallest absolute Gasteiger partial charge is 0.322 e. The summed E-state index contributed by atoms with van der Waals surface area (Å²) >= 11 is 6.14. The summed E-state index contributed by atoms with van der Waals surface area (Å²) in [6, 6.07) is 14.9. The topological polar surface area (TPSA) is 71.3 Å². The van der Waals surface area contributed by atoms with Crippen molar-refractivity contribution in [1.29, 1.82) is 0 Å². The van der Waals surface area contributed by atoms with E-state index in [-0.39, 0.29) is 12.1 Å². The lowest BCUT2D eigenvalue weighted by Gasteiger charge is -2.35. The lowest BCUT2D eigenvalue weighted by atomic mass is 9.94. The highest BCUT2D eigenvalue weighted by molar-refractivity contribution is 6.30. The Bertz CT molecular complexity index is 1150. The molecule has 3 aromatic rings. The number of urea groups is 1. The molecule has 0 saturated carbocycles. The lowest BCUT2D eigenvalue weighted by molar-refractivity contribution is 0.202. The van der Waals surface area contributed by atoms with Gasteiger partial charge in [-0.15, -0.1) is 0 Å². The predicted molar refractivity (Wildman–Crippen MR) is 126 cm³/mol. The number of hydrogen-bond acceptors (Lipinski definition) is 4. The van der Waals surface area contributed by atoms with Gasteiger partial charge in [-0.1, -0.05) is 72.6 Å². The molecule has 1 aliphatic heterocycles. The Labute approximate surface area is 193 Å². The van der Waals surface area contributed by atoms with E-state index in [1.807, 2.05) is 50.2 Å². The van der Waals surface area contributed by atoms with Crippen LogP contribution in [0.3, 0.4) is 0 Å². The molecule has 2 aromatic carbocycles. The molecule has 0 bridgehead atoms. The molecule has 4 rings (SSSR count). The number of carbonyl (C=O) groups excluding carboxylic acids is 1. The Hall–Kier alpha value is -3.12. The van der Waals surface area contributed by atoms with Crippen molar-refractivity contribution in [3.05, 3.63) is 76.3 Å². The predicted octanol–water partition coefficient (Wildman–Crippen LogP) is 6.24. The van der Waals surface area contributed by atoms with Gasteiger partial charge in [0.15, 0.2) is 0 Å². The molecule has 32 heavy (non-hydrogen) atoms. The van der Waals surface area contributed by atoms with Gasteiger partial charge < -0.3 is 9.84 Å². The first-order valence-electron chi connectivity index (χ1n) is 10.8. The van der Waals surface area contributed by atoms with E-state index in [2.05, 4.69) is 29.3 Å². The van der Waals surface area contributed by atoms with Gasteiger partial charge in [0.1, 0.15) is 0 Å². The van der Waals surface area contributed by atoms with Crippen LogP contribution < -0.4 is 5.32 Å². The first-order chi connectivity index (χ1) is 15.3. The van der Waals surface area contributed by atoms with Crippen molar-refractivity contribution in [3.63, 3.8) is 0 Å². The number of aromatic nitrogens is 2. The molecule has 0 aliphatic carbocycles. The van der Waals surface area contributed by atoms with Crippen LogP contribution in [-0.2, 0) is 0 Å². The minimum atomic E-state index is -0.383. The fourth-order valence-corrected chi connectivity index (χ4v) is 3.99. The molecule has 7 heteroatoms. The van der Waals surface area contributed by atoms with Crippen LogP contribution in [0.2, 0.25) is 5.02 Å². The molecule has 2 heterocycles. The third-order valence-corrected chi connectivity index (χ3v) is 5.91. The largest absolute Gasteiger partial charge is 0.334 e. The van der Waals surface area contributed by atoms with Crippen molar-refractivity contribution in [3.8, 4) is 11.4 Å². The lowest BCUT2D eigenvalue weighted by Crippen LogP contribution is -2.46. The molecule has 6 nitrogen and oxygen atoms in total. The minimum absolute atomic E-state index is 0.118. The van der Waals surface area contributed by atoms with Crippen LogP contribution in [0.4, 0.5) is 4.79 Å². The number of allylic oxidation sites excluding steroid dienone is 1. The third-order valence-electron chi connectivity index (χ3n) is 5.68. The van der Waals surface area contributed by atoms with Gasteiger partial charge in [-0.05, 0) is 43.9 Å². The van der Waals surface area contributed by atoms with Gasteiger partial charge >= 0.3 is 6.03 Å². The zero-order chi connectivity index (χ0) is 22.8. The van der Waals surface area contributed by atoms with Gasteiger partial charge in [-0.3, -0.25) is 4.90 Å². The molecule has 0 spiro atoms. The summed E-state index contributed by atoms with van der Waals surface area (Å²) in [5, 5.41) is 7.93. The zero-order valence-corrected chi connectivity index (χ0v) is 19.5. The second kappa shape index (κ2) is 9.17. The Morgan fingerprint density at radius 2 is 1.91 bits per heavy atom. The number of aryl methyl sites for hydroxylation is 1. The zero-order valence-electron chi connectivity index (χ0n) is 18.7. The maximum absolute atomic E-state index is 13.0. The van der Waals surface area contributed by atoms with E-state index in [0.29, 0.717) is 29.2 Å². The minimum Gasteiger partial charge on any atom is -0.334 e. The van der Waals surface area contributed by atoms with Crippen LogP contribution >= 0.6 is 11.6 Å². The van der Waals surface area contributed by atoms with Crippen LogP contribution in [0.25, 0.3) is 17.0 Å². The van der Waals surface area contributed by atoms with Gasteiger partial charge in [-0.2, -0.15) is 4.98 Å². The van der Waals surface area contributed by atoms with E-state index in [0.717, 1.165) is 34.4 Å². The van der Waals surface area contributed by atoms with E-state index in [4.69, 9.17) is 16.1 Å². The van der Waals surface area contributed by atoms with Crippen LogP contribution in [-0.4, -0.2) is 27.6 Å². The van der Waals surface area contributed by atoms with Gasteiger partial charge in [0, 0.05) is 22.8 Å². The summed E-state index contributed by atoms with van der Waals surface area (Å²) < 4.78 is 5.71. The summed E-state index contributed by atoms with van der Waals surface area (Å²) in [7, 11) is 0. The number of benzene rings is 2. The number of carbonyl (C=O) groups is 1. The highest BCUT2D eigenvalue weighted by Gasteiger charge is 2.35. The van der Waals surface area contributed by atoms with E-state index in [1.54, 1.807) is 17.0 Å². The highest BCUT2D eigenvalue weighted by atomic mass is 35.5. The summed E-state index contributed by atoms with van der Waals surface area (Å²) in [6.07, 6.45) is 0.894. The SMILES string of the molecule is CC1=C(c2nc(-c3cccc(Cl)c3)no2)C(c2ccc(C)cc2)NC(=O)N1CCC(C)C. The molecule has 1 N–H and O–H groups in total. The molecule has 0 radical (unpaired) electrons. The van der Waals surface area contributed by atoms with Crippen molar-refractivity contribution < 1.29 is 9.32 Å². The molecule has 2 amide bonds. The fraction of sp³-hybridized carbons (Fsp3) is 0.320. The maximum atomic E-state index is 13.0. The van der Waals surface area contributed by atoms with Crippen molar-refractivity contribution in [2.45, 2.75) is 40.2 Å². The Kier molecular flexibility index (Phi) is 6.33. The number of amides is 2. The molecule has 166 valence electrons. The van der Waals surface area contributed by atoms with E-state index < -0.39 is 0 Å². The Morgan fingerprint density at radius 1 is 1.16 bits per heavy atom. The van der Waals surface area contributed by atoms with Gasteiger partial charge in [0.05, 0.1) is 11.6 Å². The average molecular weight is 451 g/mol. The number of nitrogens with zero attached hydrogens (tertiary/aromatic N) is 3. The van der Waals surface area contributed by atoms with E-state index in [9.17, 15) is 4.79 Å². The molecule has 0 saturated heterocycles. The number of rotatable bonds is 6. The summed E-state index contributed by atoms with van der Waals surface area (Å²) in [5.41, 5.74) is 4.51. The number of nitrogens with one attached hydrogen (secondary N) is 1. The summed E-state index contributed by atoms with van der Waals surface area (Å²) in [6.45, 7) is 8.89. The molecule has 1 aromatic heterocycles. The van der Waals surface area contributed by atoms with Crippen LogP contribution in [0.1, 0.15) is 50.3 Å². The van der Waals surface area contributed by atoms with Crippen LogP contribution in [0, 0.1) is 12.8 Å². The maximum Gasteiger partial charge on any atom is 0.322 e. The Morgan fingerprint density at radius 3 is 2.59 bits per heavy atom. The van der Waals surface area contributed by atoms with Crippen molar-refractivity contribution in [2.24, 2.45) is 5.92 Å². The monoisotopic (exact) mass is 450 g/mol. The van der Waals surface area contributed by atoms with Crippen molar-refractivity contribution in [2.75, 3.05) is 6.54 Å². The standard InChI is InChI=1S/C25H27ClN4O2/c1-15(2)12-13-30-17(4)21(22(27-25(30)31)18-10-8-16(3)9-11-18)24-28-23(29-32-24)19-6-5-7-20(26)14-19/h5-11,14-15,22H,12-13H2,1-4H3,(H,27,31). The Balaban J connectivity index is 1.79. The van der Waals surface area contributed by atoms with Crippen LogP contribution in [0.5, 0.6) is 0 Å². The molecule has 0 fully saturated rings. The van der Waals surface area contributed by atoms with Gasteiger partial charge in [0.25, 0.3) is 5.89 Å². The fourth-order valence-electron chi connectivity index (χ4n) is 3.80. The van der Waals surface area contributed by atoms with Crippen LogP contribution in [0.15, 0.2) is 58.8 Å². The number of halogens is 1. The first-order valence-corrected chi connectivity index (χ1v) is 11.2. The van der Waals surface area contributed by atoms with Gasteiger partial charge in [-0.25, -0.2) is 4.79 Å². The normalized spacial score (nSPS) is 16.6. The average Bonchev–Trinajstić information content (AvgIpc) is 3.23. The van der Waals surface area contributed by atoms with E-state index in [1.165, 1.54) is 0 Å². The quantitative estimate of drug-likeness (QED) is 0.482. The first kappa shape index (κ1) is 22.1. The van der Waals surface area contributed by atoms with Gasteiger partial charge in [0.2, 0.25) is 5.82 Å². The molecule has 1 atom stereocenters. The molecule has 1 unspecified atom stereocenters. The summed E-state index contributed by atoms with van der Waals surface area (Å²) in [5.74, 6) is 1.32. The second-order valence-corrected chi connectivity index (χ2v) is 9.00. The molecular formula is C25H27ClN4O2. The highest BCUT2D eigenvalue weighted by Crippen LogP contribution is 2.37. The second-order valence-electron chi connectivity index (χ2n) is 8.56. The third kappa shape index (κ3) is 4.55. The van der Waals surface area contributed by atoms with Crippen molar-refractivity contribution in [1.82, 2.24) is 20.4 Å². The molecular weight excluding hydrogens is 424 g/mol. The number of hydrogen-bond donors (Lipinski definition) is 1. The van der Waals surface area contributed by atoms with E-state index >= 15 is 0 Å². The van der Waals surface area contributed by atoms with Crippen molar-refractivity contribution >= 4 is 23.2 Å².